The second-order valence-electron chi connectivity index (χ2n) is 4.86. The molecular formula is C16H12ClNO4S. The summed E-state index contributed by atoms with van der Waals surface area (Å²) < 4.78 is 29.8. The summed E-state index contributed by atoms with van der Waals surface area (Å²) in [4.78, 5) is 12.1. The topological polar surface area (TPSA) is 65.4 Å². The Kier molecular flexibility index (Phi) is 4.11. The van der Waals surface area contributed by atoms with E-state index in [2.05, 4.69) is 0 Å². The van der Waals surface area contributed by atoms with Gasteiger partial charge in [0.2, 0.25) is 0 Å². The van der Waals surface area contributed by atoms with E-state index in [1.165, 1.54) is 12.3 Å². The molecule has 0 atom stereocenters. The first-order chi connectivity index (χ1) is 11.0. The summed E-state index contributed by atoms with van der Waals surface area (Å²) in [5.41, 5.74) is 1.04. The molecule has 1 heterocycles. The summed E-state index contributed by atoms with van der Waals surface area (Å²) in [6, 6.07) is 15.4. The van der Waals surface area contributed by atoms with Gasteiger partial charge in [-0.1, -0.05) is 42.5 Å². The van der Waals surface area contributed by atoms with Gasteiger partial charge in [-0.05, 0) is 17.7 Å². The molecule has 1 aromatic heterocycles. The molecule has 0 spiro atoms. The first-order valence-corrected chi connectivity index (χ1v) is 9.03. The van der Waals surface area contributed by atoms with Gasteiger partial charge in [0.25, 0.3) is 9.05 Å². The van der Waals surface area contributed by atoms with Gasteiger partial charge in [0.05, 0.1) is 5.52 Å². The average Bonchev–Trinajstić information content (AvgIpc) is 2.96. The molecule has 3 rings (SSSR count). The zero-order valence-corrected chi connectivity index (χ0v) is 13.4. The molecule has 7 heteroatoms. The van der Waals surface area contributed by atoms with Crippen molar-refractivity contribution in [1.29, 1.82) is 0 Å². The maximum atomic E-state index is 12.3. The molecule has 0 amide bonds. The van der Waals surface area contributed by atoms with Gasteiger partial charge in [-0.2, -0.15) is 0 Å². The fraction of sp³-hybridized carbons (Fsp3) is 0.0625. The summed E-state index contributed by atoms with van der Waals surface area (Å²) in [6.07, 6.45) is 0.792. The highest BCUT2D eigenvalue weighted by Gasteiger charge is 2.20. The van der Waals surface area contributed by atoms with Gasteiger partial charge in [0.1, 0.15) is 11.5 Å². The number of fused-ring (bicyclic) bond motifs is 1. The van der Waals surface area contributed by atoms with Crippen LogP contribution in [0.3, 0.4) is 0 Å². The van der Waals surface area contributed by atoms with E-state index in [1.807, 2.05) is 30.3 Å². The highest BCUT2D eigenvalue weighted by molar-refractivity contribution is 8.14. The Morgan fingerprint density at radius 3 is 2.48 bits per heavy atom. The number of halogens is 1. The van der Waals surface area contributed by atoms with Gasteiger partial charge in [0.15, 0.2) is 0 Å². The van der Waals surface area contributed by atoms with E-state index in [4.69, 9.17) is 15.4 Å². The Balaban J connectivity index is 1.95. The number of hydrogen-bond acceptors (Lipinski definition) is 4. The number of para-hydroxylation sites is 1. The van der Waals surface area contributed by atoms with Gasteiger partial charge in [-0.15, -0.1) is 0 Å². The molecule has 0 saturated carbocycles. The molecule has 0 fully saturated rings. The number of carbonyl (C=O) groups excluding carboxylic acids is 1. The molecule has 0 unspecified atom stereocenters. The lowest BCUT2D eigenvalue weighted by molar-refractivity contribution is 0.142. The Morgan fingerprint density at radius 2 is 1.78 bits per heavy atom. The van der Waals surface area contributed by atoms with Gasteiger partial charge in [-0.3, -0.25) is 4.57 Å². The number of rotatable bonds is 3. The predicted octanol–water partition coefficient (Wildman–Crippen LogP) is 3.75. The molecule has 0 N–H and O–H groups in total. The number of carbonyl (C=O) groups is 1. The van der Waals surface area contributed by atoms with Gasteiger partial charge >= 0.3 is 6.09 Å². The largest absolute Gasteiger partial charge is 0.444 e. The van der Waals surface area contributed by atoms with E-state index >= 15 is 0 Å². The van der Waals surface area contributed by atoms with Crippen molar-refractivity contribution >= 4 is 36.7 Å². The maximum absolute atomic E-state index is 12.3. The van der Waals surface area contributed by atoms with Crippen LogP contribution in [0.15, 0.2) is 65.7 Å². The fourth-order valence-corrected chi connectivity index (χ4v) is 3.36. The van der Waals surface area contributed by atoms with Crippen molar-refractivity contribution in [3.05, 3.63) is 66.4 Å². The molecule has 5 nitrogen and oxygen atoms in total. The smallest absolute Gasteiger partial charge is 0.418 e. The molecule has 23 heavy (non-hydrogen) atoms. The number of aromatic nitrogens is 1. The number of benzene rings is 2. The third kappa shape index (κ3) is 3.23. The lowest BCUT2D eigenvalue weighted by Crippen LogP contribution is -2.13. The van der Waals surface area contributed by atoms with Gasteiger partial charge < -0.3 is 4.74 Å². The van der Waals surface area contributed by atoms with E-state index in [0.29, 0.717) is 5.39 Å². The summed E-state index contributed by atoms with van der Waals surface area (Å²) in [5, 5.41) is 0.586. The number of ether oxygens (including phenoxy) is 1. The second kappa shape index (κ2) is 6.06. The van der Waals surface area contributed by atoms with Crippen LogP contribution in [0.4, 0.5) is 4.79 Å². The van der Waals surface area contributed by atoms with Crippen molar-refractivity contribution in [1.82, 2.24) is 4.57 Å². The monoisotopic (exact) mass is 349 g/mol. The van der Waals surface area contributed by atoms with Gasteiger partial charge in [-0.25, -0.2) is 13.2 Å². The standard InChI is InChI=1S/C16H12ClNO4S/c17-23(20,21)14-8-4-7-13-9-10-18(15(13)14)16(19)22-11-12-5-2-1-3-6-12/h1-10H,11H2. The third-order valence-electron chi connectivity index (χ3n) is 3.34. The van der Waals surface area contributed by atoms with Crippen LogP contribution in [-0.4, -0.2) is 19.1 Å². The van der Waals surface area contributed by atoms with Crippen LogP contribution in [0.25, 0.3) is 10.9 Å². The number of hydrogen-bond donors (Lipinski definition) is 0. The molecule has 2 aromatic carbocycles. The fourth-order valence-electron chi connectivity index (χ4n) is 2.30. The van der Waals surface area contributed by atoms with Crippen molar-refractivity contribution in [2.75, 3.05) is 0 Å². The molecule has 0 bridgehead atoms. The molecule has 0 saturated heterocycles. The van der Waals surface area contributed by atoms with Crippen LogP contribution < -0.4 is 0 Å². The zero-order chi connectivity index (χ0) is 16.4. The van der Waals surface area contributed by atoms with E-state index < -0.39 is 15.1 Å². The van der Waals surface area contributed by atoms with Crippen LogP contribution in [0.1, 0.15) is 5.56 Å². The molecule has 0 radical (unpaired) electrons. The molecule has 0 aliphatic carbocycles. The molecule has 0 aliphatic heterocycles. The number of nitrogens with zero attached hydrogens (tertiary/aromatic N) is 1. The van der Waals surface area contributed by atoms with E-state index in [0.717, 1.165) is 10.1 Å². The first-order valence-electron chi connectivity index (χ1n) is 6.72. The summed E-state index contributed by atoms with van der Waals surface area (Å²) >= 11 is 0. The van der Waals surface area contributed by atoms with E-state index in [9.17, 15) is 13.2 Å². The Hall–Kier alpha value is -2.31. The lowest BCUT2D eigenvalue weighted by Gasteiger charge is -2.08. The summed E-state index contributed by atoms with van der Waals surface area (Å²) in [7, 11) is 1.47. The lowest BCUT2D eigenvalue weighted by atomic mass is 10.2. The quantitative estimate of drug-likeness (QED) is 0.675. The summed E-state index contributed by atoms with van der Waals surface area (Å²) in [6.45, 7) is 0.0924. The predicted molar refractivity (Wildman–Crippen MR) is 87.0 cm³/mol. The zero-order valence-electron chi connectivity index (χ0n) is 11.8. The van der Waals surface area contributed by atoms with Crippen molar-refractivity contribution in [2.45, 2.75) is 11.5 Å². The minimum absolute atomic E-state index is 0.0924. The Labute approximate surface area is 137 Å². The van der Waals surface area contributed by atoms with E-state index in [1.54, 1.807) is 18.2 Å². The average molecular weight is 350 g/mol. The highest BCUT2D eigenvalue weighted by Crippen LogP contribution is 2.27. The first kappa shape index (κ1) is 15.6. The van der Waals surface area contributed by atoms with Crippen molar-refractivity contribution < 1.29 is 17.9 Å². The minimum atomic E-state index is -3.98. The van der Waals surface area contributed by atoms with Crippen LogP contribution >= 0.6 is 10.7 Å². The van der Waals surface area contributed by atoms with Crippen molar-refractivity contribution in [3.63, 3.8) is 0 Å². The Morgan fingerprint density at radius 1 is 1.04 bits per heavy atom. The van der Waals surface area contributed by atoms with Crippen LogP contribution in [0.2, 0.25) is 0 Å². The van der Waals surface area contributed by atoms with Crippen molar-refractivity contribution in [3.8, 4) is 0 Å². The van der Waals surface area contributed by atoms with Crippen LogP contribution in [-0.2, 0) is 20.4 Å². The maximum Gasteiger partial charge on any atom is 0.418 e. The van der Waals surface area contributed by atoms with Crippen molar-refractivity contribution in [2.24, 2.45) is 0 Å². The van der Waals surface area contributed by atoms with Crippen LogP contribution in [0.5, 0.6) is 0 Å². The van der Waals surface area contributed by atoms with Gasteiger partial charge in [0, 0.05) is 22.3 Å². The third-order valence-corrected chi connectivity index (χ3v) is 4.69. The molecular weight excluding hydrogens is 338 g/mol. The molecule has 3 aromatic rings. The normalized spacial score (nSPS) is 11.5. The van der Waals surface area contributed by atoms with Crippen LogP contribution in [0, 0.1) is 0 Å². The SMILES string of the molecule is O=C(OCc1ccccc1)n1ccc2cccc(S(=O)(=O)Cl)c21. The Bertz CT molecular complexity index is 964. The molecule has 118 valence electrons. The minimum Gasteiger partial charge on any atom is -0.444 e. The summed E-state index contributed by atoms with van der Waals surface area (Å²) in [5.74, 6) is 0. The highest BCUT2D eigenvalue weighted by atomic mass is 35.7. The van der Waals surface area contributed by atoms with E-state index in [-0.39, 0.29) is 17.0 Å². The second-order valence-corrected chi connectivity index (χ2v) is 7.39. The molecule has 0 aliphatic rings.